The van der Waals surface area contributed by atoms with Crippen molar-refractivity contribution in [3.8, 4) is 0 Å². The lowest BCUT2D eigenvalue weighted by Gasteiger charge is -2.26. The van der Waals surface area contributed by atoms with E-state index in [4.69, 9.17) is 23.2 Å². The number of halogens is 2. The van der Waals surface area contributed by atoms with Crippen LogP contribution in [0.25, 0.3) is 0 Å². The molecule has 134 valence electrons. The molecule has 2 amide bonds. The van der Waals surface area contributed by atoms with Gasteiger partial charge in [0.15, 0.2) is 0 Å². The summed E-state index contributed by atoms with van der Waals surface area (Å²) < 4.78 is 0. The first-order valence-corrected chi connectivity index (χ1v) is 9.38. The number of nitrogens with zero attached hydrogens (tertiary/aromatic N) is 2. The lowest BCUT2D eigenvalue weighted by atomic mass is 10.1. The number of hydrogen-bond acceptors (Lipinski definition) is 2. The molecule has 6 heteroatoms. The van der Waals surface area contributed by atoms with Crippen LogP contribution in [0.15, 0.2) is 42.5 Å². The van der Waals surface area contributed by atoms with Crippen LogP contribution >= 0.6 is 23.2 Å². The predicted octanol–water partition coefficient (Wildman–Crippen LogP) is 4.32. The molecule has 26 heavy (non-hydrogen) atoms. The van der Waals surface area contributed by atoms with Crippen molar-refractivity contribution < 1.29 is 9.59 Å². The molecule has 1 saturated heterocycles. The molecule has 0 aromatic heterocycles. The number of para-hydroxylation sites is 2. The summed E-state index contributed by atoms with van der Waals surface area (Å²) in [6.07, 6.45) is 1.01. The molecular weight excluding hydrogens is 371 g/mol. The van der Waals surface area contributed by atoms with Crippen LogP contribution in [0.2, 0.25) is 10.0 Å². The average molecular weight is 389 g/mol. The number of benzene rings is 2. The Hall–Kier alpha value is -2.04. The fraction of sp³-hybridized carbons (Fsp3) is 0.300. The summed E-state index contributed by atoms with van der Waals surface area (Å²) in [5.74, 6) is -0.539. The maximum Gasteiger partial charge on any atom is 0.232 e. The zero-order valence-corrected chi connectivity index (χ0v) is 15.8. The summed E-state index contributed by atoms with van der Waals surface area (Å²) in [6.45, 7) is 2.34. The molecule has 0 N–H and O–H groups in total. The molecule has 1 fully saturated rings. The van der Waals surface area contributed by atoms with Crippen LogP contribution in [0.5, 0.6) is 0 Å². The normalized spacial score (nSPS) is 22.0. The topological polar surface area (TPSA) is 40.6 Å². The van der Waals surface area contributed by atoms with E-state index >= 15 is 0 Å². The first kappa shape index (κ1) is 17.4. The van der Waals surface area contributed by atoms with Crippen LogP contribution < -0.4 is 9.80 Å². The van der Waals surface area contributed by atoms with Crippen LogP contribution in [0.4, 0.5) is 11.4 Å². The van der Waals surface area contributed by atoms with Gasteiger partial charge in [0.25, 0.3) is 0 Å². The van der Waals surface area contributed by atoms with Crippen molar-refractivity contribution in [2.75, 3.05) is 16.3 Å². The largest absolute Gasteiger partial charge is 0.309 e. The van der Waals surface area contributed by atoms with Crippen LogP contribution in [-0.2, 0) is 16.0 Å². The van der Waals surface area contributed by atoms with Gasteiger partial charge in [-0.3, -0.25) is 9.59 Å². The third-order valence-electron chi connectivity index (χ3n) is 5.13. The Bertz CT molecular complexity index is 879. The van der Waals surface area contributed by atoms with Crippen molar-refractivity contribution in [2.24, 2.45) is 5.92 Å². The van der Waals surface area contributed by atoms with Crippen molar-refractivity contribution in [3.63, 3.8) is 0 Å². The van der Waals surface area contributed by atoms with E-state index in [2.05, 4.69) is 6.07 Å². The summed E-state index contributed by atoms with van der Waals surface area (Å²) in [7, 11) is 0. The Balaban J connectivity index is 1.61. The second-order valence-electron chi connectivity index (χ2n) is 6.87. The van der Waals surface area contributed by atoms with E-state index in [1.54, 1.807) is 23.1 Å². The quantitative estimate of drug-likeness (QED) is 0.768. The van der Waals surface area contributed by atoms with Gasteiger partial charge in [-0.25, -0.2) is 0 Å². The van der Waals surface area contributed by atoms with E-state index in [9.17, 15) is 9.59 Å². The molecule has 4 rings (SSSR count). The number of carbonyl (C=O) groups is 2. The van der Waals surface area contributed by atoms with Crippen molar-refractivity contribution in [2.45, 2.75) is 25.8 Å². The molecule has 0 spiro atoms. The van der Waals surface area contributed by atoms with Crippen molar-refractivity contribution in [1.29, 1.82) is 0 Å². The Kier molecular flexibility index (Phi) is 4.41. The lowest BCUT2D eigenvalue weighted by Crippen LogP contribution is -2.41. The van der Waals surface area contributed by atoms with E-state index in [-0.39, 0.29) is 24.3 Å². The molecule has 0 saturated carbocycles. The van der Waals surface area contributed by atoms with E-state index in [1.165, 1.54) is 5.56 Å². The molecule has 2 aliphatic rings. The SMILES string of the molecule is CC1Cc2ccccc2N1C(=O)C1CC(=O)N(c2c(Cl)cccc2Cl)C1. The highest BCUT2D eigenvalue weighted by atomic mass is 35.5. The number of amides is 2. The molecule has 2 heterocycles. The zero-order chi connectivity index (χ0) is 18.4. The van der Waals surface area contributed by atoms with Gasteiger partial charge in [0, 0.05) is 24.7 Å². The fourth-order valence-electron chi connectivity index (χ4n) is 3.93. The van der Waals surface area contributed by atoms with Crippen LogP contribution in [0.3, 0.4) is 0 Å². The van der Waals surface area contributed by atoms with Gasteiger partial charge >= 0.3 is 0 Å². The molecule has 0 radical (unpaired) electrons. The summed E-state index contributed by atoms with van der Waals surface area (Å²) in [6, 6.07) is 13.2. The number of carbonyl (C=O) groups excluding carboxylic acids is 2. The third kappa shape index (κ3) is 2.78. The van der Waals surface area contributed by atoms with Gasteiger partial charge in [-0.05, 0) is 37.1 Å². The predicted molar refractivity (Wildman–Crippen MR) is 104 cm³/mol. The number of rotatable bonds is 2. The minimum atomic E-state index is -0.400. The molecule has 2 unspecified atom stereocenters. The molecule has 0 aliphatic carbocycles. The Morgan fingerprint density at radius 3 is 2.46 bits per heavy atom. The Labute approximate surface area is 162 Å². The minimum Gasteiger partial charge on any atom is -0.309 e. The molecule has 0 bridgehead atoms. The maximum atomic E-state index is 13.2. The zero-order valence-electron chi connectivity index (χ0n) is 14.3. The van der Waals surface area contributed by atoms with Gasteiger partial charge in [0.1, 0.15) is 0 Å². The van der Waals surface area contributed by atoms with Gasteiger partial charge in [0.05, 0.1) is 21.7 Å². The summed E-state index contributed by atoms with van der Waals surface area (Å²) in [5.41, 5.74) is 2.61. The van der Waals surface area contributed by atoms with E-state index < -0.39 is 5.92 Å². The van der Waals surface area contributed by atoms with Gasteiger partial charge in [-0.1, -0.05) is 47.5 Å². The number of fused-ring (bicyclic) bond motifs is 1. The average Bonchev–Trinajstić information content (AvgIpc) is 3.14. The van der Waals surface area contributed by atoms with Gasteiger partial charge in [0.2, 0.25) is 11.8 Å². The van der Waals surface area contributed by atoms with Crippen LogP contribution in [-0.4, -0.2) is 24.4 Å². The molecular formula is C20H18Cl2N2O2. The van der Waals surface area contributed by atoms with Crippen molar-refractivity contribution in [3.05, 3.63) is 58.1 Å². The second kappa shape index (κ2) is 6.60. The fourth-order valence-corrected chi connectivity index (χ4v) is 4.54. The number of anilines is 2. The molecule has 4 nitrogen and oxygen atoms in total. The first-order chi connectivity index (χ1) is 12.5. The van der Waals surface area contributed by atoms with Crippen LogP contribution in [0, 0.1) is 5.92 Å². The maximum absolute atomic E-state index is 13.2. The molecule has 2 aliphatic heterocycles. The highest BCUT2D eigenvalue weighted by molar-refractivity contribution is 6.40. The molecule has 2 aromatic rings. The first-order valence-electron chi connectivity index (χ1n) is 8.62. The second-order valence-corrected chi connectivity index (χ2v) is 7.68. The highest BCUT2D eigenvalue weighted by Gasteiger charge is 2.41. The van der Waals surface area contributed by atoms with Crippen molar-refractivity contribution in [1.82, 2.24) is 0 Å². The Morgan fingerprint density at radius 2 is 1.73 bits per heavy atom. The smallest absolute Gasteiger partial charge is 0.232 e. The molecule has 2 aromatic carbocycles. The van der Waals surface area contributed by atoms with Crippen LogP contribution in [0.1, 0.15) is 18.9 Å². The van der Waals surface area contributed by atoms with Crippen molar-refractivity contribution >= 4 is 46.4 Å². The van der Waals surface area contributed by atoms with Gasteiger partial charge < -0.3 is 9.80 Å². The van der Waals surface area contributed by atoms with Gasteiger partial charge in [-0.15, -0.1) is 0 Å². The molecule has 2 atom stereocenters. The van der Waals surface area contributed by atoms with E-state index in [1.807, 2.05) is 30.0 Å². The van der Waals surface area contributed by atoms with E-state index in [0.717, 1.165) is 12.1 Å². The monoisotopic (exact) mass is 388 g/mol. The minimum absolute atomic E-state index is 0.0125. The Morgan fingerprint density at radius 1 is 1.04 bits per heavy atom. The highest BCUT2D eigenvalue weighted by Crippen LogP contribution is 2.39. The lowest BCUT2D eigenvalue weighted by molar-refractivity contribution is -0.124. The summed E-state index contributed by atoms with van der Waals surface area (Å²) >= 11 is 12.5. The van der Waals surface area contributed by atoms with E-state index in [0.29, 0.717) is 22.3 Å². The summed E-state index contributed by atoms with van der Waals surface area (Å²) in [5, 5.41) is 0.831. The third-order valence-corrected chi connectivity index (χ3v) is 5.74. The summed E-state index contributed by atoms with van der Waals surface area (Å²) in [4.78, 5) is 29.1. The van der Waals surface area contributed by atoms with Gasteiger partial charge in [-0.2, -0.15) is 0 Å². The number of hydrogen-bond donors (Lipinski definition) is 0. The standard InChI is InChI=1S/C20H18Cl2N2O2/c1-12-9-13-5-2-3-8-17(13)24(12)20(26)14-10-18(25)23(11-14)19-15(21)6-4-7-16(19)22/h2-8,12,14H,9-11H2,1H3.